The molecule has 0 radical (unpaired) electrons. The molecule has 1 fully saturated rings. The van der Waals surface area contributed by atoms with E-state index in [9.17, 15) is 14.9 Å². The Balaban J connectivity index is 2.13. The lowest BCUT2D eigenvalue weighted by molar-refractivity contribution is -0.385. The van der Waals surface area contributed by atoms with Crippen LogP contribution in [0, 0.1) is 10.1 Å². The van der Waals surface area contributed by atoms with Gasteiger partial charge in [0.25, 0.3) is 5.69 Å². The number of likely N-dealkylation sites (tertiary alicyclic amines) is 1. The van der Waals surface area contributed by atoms with E-state index in [0.717, 1.165) is 12.8 Å². The van der Waals surface area contributed by atoms with Crippen molar-refractivity contribution in [2.24, 2.45) is 5.73 Å². The van der Waals surface area contributed by atoms with E-state index in [1.54, 1.807) is 23.1 Å². The van der Waals surface area contributed by atoms with Gasteiger partial charge in [0.05, 0.1) is 10.5 Å². The van der Waals surface area contributed by atoms with Gasteiger partial charge in [0.2, 0.25) is 5.91 Å². The molecule has 1 saturated heterocycles. The van der Waals surface area contributed by atoms with Gasteiger partial charge >= 0.3 is 0 Å². The molecule has 1 aromatic rings. The molecule has 0 aromatic heterocycles. The van der Waals surface area contributed by atoms with Gasteiger partial charge in [-0.25, -0.2) is 0 Å². The Morgan fingerprint density at radius 2 is 2.25 bits per heavy atom. The number of nitrogens with zero attached hydrogens (tertiary/aromatic N) is 2. The summed E-state index contributed by atoms with van der Waals surface area (Å²) >= 11 is 0. The summed E-state index contributed by atoms with van der Waals surface area (Å²) in [6.07, 6.45) is 4.75. The second-order valence-corrected chi connectivity index (χ2v) is 4.71. The normalized spacial score (nSPS) is 18.6. The number of nitro groups is 1. The van der Waals surface area contributed by atoms with E-state index in [4.69, 9.17) is 5.73 Å². The fourth-order valence-corrected chi connectivity index (χ4v) is 2.42. The lowest BCUT2D eigenvalue weighted by Gasteiger charge is -2.21. The molecule has 0 aliphatic carbocycles. The summed E-state index contributed by atoms with van der Waals surface area (Å²) in [7, 11) is 0. The first-order valence-corrected chi connectivity index (χ1v) is 6.55. The predicted octanol–water partition coefficient (Wildman–Crippen LogP) is 1.56. The van der Waals surface area contributed by atoms with Crippen LogP contribution in [0.3, 0.4) is 0 Å². The molecular formula is C14H17N3O3. The third kappa shape index (κ3) is 3.03. The molecule has 1 aromatic carbocycles. The first kappa shape index (κ1) is 14.2. The smallest absolute Gasteiger partial charge is 0.276 e. The van der Waals surface area contributed by atoms with Crippen molar-refractivity contribution in [2.75, 3.05) is 13.1 Å². The number of benzene rings is 1. The molecule has 2 rings (SSSR count). The molecule has 6 heteroatoms. The summed E-state index contributed by atoms with van der Waals surface area (Å²) in [6.45, 7) is 1.15. The molecule has 1 unspecified atom stereocenters. The van der Waals surface area contributed by atoms with Crippen LogP contribution in [0.4, 0.5) is 5.69 Å². The topological polar surface area (TPSA) is 89.5 Å². The Hall–Kier alpha value is -2.21. The van der Waals surface area contributed by atoms with Crippen LogP contribution in [-0.4, -0.2) is 34.9 Å². The Kier molecular flexibility index (Phi) is 4.47. The number of hydrogen-bond acceptors (Lipinski definition) is 4. The first-order chi connectivity index (χ1) is 9.63. The second-order valence-electron chi connectivity index (χ2n) is 4.71. The Bertz CT molecular complexity index is 542. The summed E-state index contributed by atoms with van der Waals surface area (Å²) in [5, 5.41) is 10.9. The Morgan fingerprint density at radius 1 is 1.50 bits per heavy atom. The van der Waals surface area contributed by atoms with Crippen molar-refractivity contribution < 1.29 is 9.72 Å². The van der Waals surface area contributed by atoms with E-state index in [1.165, 1.54) is 18.2 Å². The highest BCUT2D eigenvalue weighted by atomic mass is 16.6. The van der Waals surface area contributed by atoms with Gasteiger partial charge in [-0.05, 0) is 25.0 Å². The maximum atomic E-state index is 12.1. The number of carbonyl (C=O) groups is 1. The average molecular weight is 275 g/mol. The molecule has 1 amide bonds. The number of nitrogens with two attached hydrogens (primary N) is 1. The summed E-state index contributed by atoms with van der Waals surface area (Å²) in [5.74, 6) is -0.142. The van der Waals surface area contributed by atoms with Crippen LogP contribution >= 0.6 is 0 Å². The van der Waals surface area contributed by atoms with Crippen molar-refractivity contribution in [3.05, 3.63) is 46.0 Å². The zero-order valence-electron chi connectivity index (χ0n) is 11.1. The predicted molar refractivity (Wildman–Crippen MR) is 75.9 cm³/mol. The highest BCUT2D eigenvalue weighted by Crippen LogP contribution is 2.20. The van der Waals surface area contributed by atoms with Gasteiger partial charge in [0.15, 0.2) is 0 Å². The lowest BCUT2D eigenvalue weighted by Crippen LogP contribution is -2.38. The summed E-state index contributed by atoms with van der Waals surface area (Å²) in [4.78, 5) is 24.2. The third-order valence-corrected chi connectivity index (χ3v) is 3.47. The maximum absolute atomic E-state index is 12.1. The second kappa shape index (κ2) is 6.29. The van der Waals surface area contributed by atoms with E-state index < -0.39 is 4.92 Å². The number of para-hydroxylation sites is 1. The van der Waals surface area contributed by atoms with E-state index >= 15 is 0 Å². The van der Waals surface area contributed by atoms with Crippen molar-refractivity contribution in [3.63, 3.8) is 0 Å². The van der Waals surface area contributed by atoms with E-state index in [-0.39, 0.29) is 17.6 Å². The van der Waals surface area contributed by atoms with Gasteiger partial charge in [0, 0.05) is 31.3 Å². The molecule has 6 nitrogen and oxygen atoms in total. The third-order valence-electron chi connectivity index (χ3n) is 3.47. The SMILES string of the molecule is NCC1CCCN1C(=O)/C=C/c1ccccc1[N+](=O)[O-]. The van der Waals surface area contributed by atoms with Gasteiger partial charge in [-0.2, -0.15) is 0 Å². The standard InChI is InChI=1S/C14H17N3O3/c15-10-12-5-3-9-16(12)14(18)8-7-11-4-1-2-6-13(11)17(19)20/h1-2,4,6-8,12H,3,5,9-10,15H2/b8-7+. The van der Waals surface area contributed by atoms with E-state index in [0.29, 0.717) is 18.7 Å². The van der Waals surface area contributed by atoms with Crippen molar-refractivity contribution in [2.45, 2.75) is 18.9 Å². The number of amides is 1. The Morgan fingerprint density at radius 3 is 2.95 bits per heavy atom. The fraction of sp³-hybridized carbons (Fsp3) is 0.357. The van der Waals surface area contributed by atoms with Crippen LogP contribution in [0.15, 0.2) is 30.3 Å². The van der Waals surface area contributed by atoms with Crippen LogP contribution in [0.2, 0.25) is 0 Å². The van der Waals surface area contributed by atoms with Crippen molar-refractivity contribution in [1.82, 2.24) is 4.90 Å². The molecule has 1 atom stereocenters. The minimum Gasteiger partial charge on any atom is -0.335 e. The first-order valence-electron chi connectivity index (χ1n) is 6.55. The molecule has 1 aliphatic rings. The molecule has 0 bridgehead atoms. The average Bonchev–Trinajstić information content (AvgIpc) is 2.93. The zero-order valence-corrected chi connectivity index (χ0v) is 11.1. The van der Waals surface area contributed by atoms with Gasteiger partial charge < -0.3 is 10.6 Å². The molecule has 1 aliphatic heterocycles. The zero-order chi connectivity index (χ0) is 14.5. The van der Waals surface area contributed by atoms with Crippen LogP contribution in [0.5, 0.6) is 0 Å². The van der Waals surface area contributed by atoms with Crippen LogP contribution in [0.1, 0.15) is 18.4 Å². The molecule has 0 spiro atoms. The largest absolute Gasteiger partial charge is 0.335 e. The van der Waals surface area contributed by atoms with Crippen LogP contribution in [-0.2, 0) is 4.79 Å². The molecular weight excluding hydrogens is 258 g/mol. The molecule has 106 valence electrons. The highest BCUT2D eigenvalue weighted by molar-refractivity contribution is 5.92. The number of hydrogen-bond donors (Lipinski definition) is 1. The van der Waals surface area contributed by atoms with E-state index in [2.05, 4.69) is 0 Å². The quantitative estimate of drug-likeness (QED) is 0.513. The number of carbonyl (C=O) groups excluding carboxylic acids is 1. The monoisotopic (exact) mass is 275 g/mol. The van der Waals surface area contributed by atoms with Crippen LogP contribution in [0.25, 0.3) is 6.08 Å². The van der Waals surface area contributed by atoms with Gasteiger partial charge in [0.1, 0.15) is 0 Å². The lowest BCUT2D eigenvalue weighted by atomic mass is 10.1. The van der Waals surface area contributed by atoms with Crippen molar-refractivity contribution in [3.8, 4) is 0 Å². The number of rotatable bonds is 4. The maximum Gasteiger partial charge on any atom is 0.276 e. The Labute approximate surface area is 117 Å². The summed E-state index contributed by atoms with van der Waals surface area (Å²) < 4.78 is 0. The van der Waals surface area contributed by atoms with Crippen molar-refractivity contribution in [1.29, 1.82) is 0 Å². The van der Waals surface area contributed by atoms with Gasteiger partial charge in [-0.3, -0.25) is 14.9 Å². The minimum atomic E-state index is -0.456. The minimum absolute atomic E-state index is 0.00616. The molecule has 0 saturated carbocycles. The van der Waals surface area contributed by atoms with Gasteiger partial charge in [-0.15, -0.1) is 0 Å². The number of nitro benzene ring substituents is 1. The fourth-order valence-electron chi connectivity index (χ4n) is 2.42. The summed E-state index contributed by atoms with van der Waals surface area (Å²) in [5.41, 5.74) is 6.04. The van der Waals surface area contributed by atoms with Crippen molar-refractivity contribution >= 4 is 17.7 Å². The van der Waals surface area contributed by atoms with Crippen LogP contribution < -0.4 is 5.73 Å². The summed E-state index contributed by atoms with van der Waals surface area (Å²) in [6, 6.07) is 6.42. The highest BCUT2D eigenvalue weighted by Gasteiger charge is 2.26. The van der Waals surface area contributed by atoms with E-state index in [1.807, 2.05) is 0 Å². The molecule has 2 N–H and O–H groups in total. The molecule has 20 heavy (non-hydrogen) atoms. The molecule has 1 heterocycles. The van der Waals surface area contributed by atoms with Gasteiger partial charge in [-0.1, -0.05) is 12.1 Å².